The van der Waals surface area contributed by atoms with Crippen LogP contribution in [0.15, 0.2) is 78.9 Å². The third-order valence-corrected chi connectivity index (χ3v) is 5.68. The van der Waals surface area contributed by atoms with Gasteiger partial charge in [-0.15, -0.1) is 0 Å². The predicted octanol–water partition coefficient (Wildman–Crippen LogP) is 4.81. The molecule has 0 fully saturated rings. The topological polar surface area (TPSA) is 105 Å². The van der Waals surface area contributed by atoms with E-state index in [0.717, 1.165) is 35.3 Å². The van der Waals surface area contributed by atoms with Crippen LogP contribution in [0.2, 0.25) is 0 Å². The maximum absolute atomic E-state index is 12.8. The van der Waals surface area contributed by atoms with Gasteiger partial charge in [0.25, 0.3) is 5.91 Å². The molecule has 3 aromatic rings. The number of carbonyl (C=O) groups excluding carboxylic acids is 2. The van der Waals surface area contributed by atoms with E-state index in [0.29, 0.717) is 12.2 Å². The highest BCUT2D eigenvalue weighted by Crippen LogP contribution is 2.23. The Morgan fingerprint density at radius 2 is 1.53 bits per heavy atom. The van der Waals surface area contributed by atoms with Gasteiger partial charge >= 0.3 is 5.97 Å². The van der Waals surface area contributed by atoms with Gasteiger partial charge in [0.2, 0.25) is 5.91 Å². The number of ether oxygens (including phenoxy) is 1. The van der Waals surface area contributed by atoms with E-state index in [1.165, 1.54) is 0 Å². The second-order valence-corrected chi connectivity index (χ2v) is 8.47. The van der Waals surface area contributed by atoms with E-state index in [1.54, 1.807) is 12.1 Å². The molecule has 0 aliphatic heterocycles. The first-order chi connectivity index (χ1) is 17.5. The van der Waals surface area contributed by atoms with E-state index in [9.17, 15) is 14.4 Å². The molecule has 0 aromatic heterocycles. The number of hydrogen-bond acceptors (Lipinski definition) is 4. The SMILES string of the molecule is CCCCOc1ccc(-c2ccc(C(=O)N[C@@H](CCC(=O)O)C(=O)NCc3ccccc3)cc2)cc1. The van der Waals surface area contributed by atoms with Crippen LogP contribution in [0.1, 0.15) is 48.5 Å². The maximum atomic E-state index is 12.8. The fourth-order valence-corrected chi connectivity index (χ4v) is 3.58. The molecular weight excluding hydrogens is 456 g/mol. The molecule has 0 aliphatic carbocycles. The van der Waals surface area contributed by atoms with Crippen LogP contribution in [0, 0.1) is 0 Å². The summed E-state index contributed by atoms with van der Waals surface area (Å²) in [5.41, 5.74) is 3.22. The number of carboxylic acids is 1. The van der Waals surface area contributed by atoms with E-state index in [1.807, 2.05) is 66.7 Å². The molecule has 36 heavy (non-hydrogen) atoms. The second kappa shape index (κ2) is 13.7. The lowest BCUT2D eigenvalue weighted by Crippen LogP contribution is -2.46. The van der Waals surface area contributed by atoms with Crippen LogP contribution in [0.25, 0.3) is 11.1 Å². The monoisotopic (exact) mass is 488 g/mol. The average Bonchev–Trinajstić information content (AvgIpc) is 2.90. The largest absolute Gasteiger partial charge is 0.494 e. The van der Waals surface area contributed by atoms with Crippen molar-refractivity contribution in [2.75, 3.05) is 6.61 Å². The van der Waals surface area contributed by atoms with Crippen molar-refractivity contribution >= 4 is 17.8 Å². The molecule has 2 amide bonds. The second-order valence-electron chi connectivity index (χ2n) is 8.47. The van der Waals surface area contributed by atoms with Gasteiger partial charge in [-0.1, -0.05) is 67.9 Å². The summed E-state index contributed by atoms with van der Waals surface area (Å²) in [5.74, 6) is -1.07. The molecule has 0 unspecified atom stereocenters. The number of nitrogens with one attached hydrogen (secondary N) is 2. The quantitative estimate of drug-likeness (QED) is 0.300. The Hall–Kier alpha value is -4.13. The van der Waals surface area contributed by atoms with Crippen molar-refractivity contribution < 1.29 is 24.2 Å². The number of carboxylic acid groups (broad SMARTS) is 1. The van der Waals surface area contributed by atoms with Crippen LogP contribution in [0.5, 0.6) is 5.75 Å². The lowest BCUT2D eigenvalue weighted by molar-refractivity contribution is -0.137. The van der Waals surface area contributed by atoms with Crippen LogP contribution in [-0.2, 0) is 16.1 Å². The molecule has 3 rings (SSSR count). The van der Waals surface area contributed by atoms with Gasteiger partial charge in [0.05, 0.1) is 6.61 Å². The number of unbranched alkanes of at least 4 members (excludes halogenated alkanes) is 1. The summed E-state index contributed by atoms with van der Waals surface area (Å²) in [6.07, 6.45) is 1.85. The summed E-state index contributed by atoms with van der Waals surface area (Å²) in [7, 11) is 0. The molecule has 7 heteroatoms. The zero-order valence-corrected chi connectivity index (χ0v) is 20.4. The van der Waals surface area contributed by atoms with Gasteiger partial charge in [0, 0.05) is 18.5 Å². The molecule has 0 saturated heterocycles. The van der Waals surface area contributed by atoms with Crippen LogP contribution >= 0.6 is 0 Å². The van der Waals surface area contributed by atoms with E-state index in [2.05, 4.69) is 17.6 Å². The summed E-state index contributed by atoms with van der Waals surface area (Å²) in [6, 6.07) is 23.2. The molecule has 0 radical (unpaired) electrons. The minimum Gasteiger partial charge on any atom is -0.494 e. The van der Waals surface area contributed by atoms with Gasteiger partial charge in [0.1, 0.15) is 11.8 Å². The Labute approximate surface area is 211 Å². The molecule has 0 aliphatic rings. The van der Waals surface area contributed by atoms with Crippen molar-refractivity contribution in [1.82, 2.24) is 10.6 Å². The Kier molecular flexibility index (Phi) is 10.1. The fraction of sp³-hybridized carbons (Fsp3) is 0.276. The zero-order valence-electron chi connectivity index (χ0n) is 20.4. The lowest BCUT2D eigenvalue weighted by atomic mass is 10.0. The Morgan fingerprint density at radius 3 is 2.14 bits per heavy atom. The Bertz CT molecular complexity index is 1130. The molecule has 3 N–H and O–H groups in total. The molecule has 188 valence electrons. The van der Waals surface area contributed by atoms with Crippen molar-refractivity contribution in [1.29, 1.82) is 0 Å². The Balaban J connectivity index is 1.61. The van der Waals surface area contributed by atoms with Crippen LogP contribution < -0.4 is 15.4 Å². The summed E-state index contributed by atoms with van der Waals surface area (Å²) >= 11 is 0. The van der Waals surface area contributed by atoms with E-state index >= 15 is 0 Å². The third kappa shape index (κ3) is 8.27. The van der Waals surface area contributed by atoms with Crippen molar-refractivity contribution in [3.63, 3.8) is 0 Å². The van der Waals surface area contributed by atoms with Gasteiger partial charge in [-0.2, -0.15) is 0 Å². The minimum atomic E-state index is -1.03. The van der Waals surface area contributed by atoms with Crippen molar-refractivity contribution in [2.24, 2.45) is 0 Å². The van der Waals surface area contributed by atoms with Gasteiger partial charge in [-0.3, -0.25) is 14.4 Å². The van der Waals surface area contributed by atoms with Gasteiger partial charge in [-0.05, 0) is 53.8 Å². The Morgan fingerprint density at radius 1 is 0.889 bits per heavy atom. The molecule has 3 aromatic carbocycles. The lowest BCUT2D eigenvalue weighted by Gasteiger charge is -2.18. The number of hydrogen-bond donors (Lipinski definition) is 3. The number of rotatable bonds is 13. The summed E-state index contributed by atoms with van der Waals surface area (Å²) < 4.78 is 5.70. The third-order valence-electron chi connectivity index (χ3n) is 5.68. The molecule has 0 bridgehead atoms. The minimum absolute atomic E-state index is 0.00748. The number of aliphatic carboxylic acids is 1. The summed E-state index contributed by atoms with van der Waals surface area (Å²) in [5, 5.41) is 14.5. The number of benzene rings is 3. The summed E-state index contributed by atoms with van der Waals surface area (Å²) in [6.45, 7) is 3.10. The predicted molar refractivity (Wildman–Crippen MR) is 139 cm³/mol. The first-order valence-corrected chi connectivity index (χ1v) is 12.1. The molecule has 1 atom stereocenters. The van der Waals surface area contributed by atoms with Gasteiger partial charge in [0.15, 0.2) is 0 Å². The molecule has 0 saturated carbocycles. The molecule has 0 heterocycles. The highest BCUT2D eigenvalue weighted by Gasteiger charge is 2.22. The normalized spacial score (nSPS) is 11.4. The smallest absolute Gasteiger partial charge is 0.303 e. The number of carbonyl (C=O) groups is 3. The van der Waals surface area contributed by atoms with E-state index < -0.39 is 23.8 Å². The summed E-state index contributed by atoms with van der Waals surface area (Å²) in [4.78, 5) is 36.6. The van der Waals surface area contributed by atoms with Crippen LogP contribution in [0.3, 0.4) is 0 Å². The van der Waals surface area contributed by atoms with Gasteiger partial charge < -0.3 is 20.5 Å². The van der Waals surface area contributed by atoms with Gasteiger partial charge in [-0.25, -0.2) is 0 Å². The van der Waals surface area contributed by atoms with Crippen LogP contribution in [0.4, 0.5) is 0 Å². The first-order valence-electron chi connectivity index (χ1n) is 12.1. The maximum Gasteiger partial charge on any atom is 0.303 e. The van der Waals surface area contributed by atoms with E-state index in [4.69, 9.17) is 9.84 Å². The van der Waals surface area contributed by atoms with E-state index in [-0.39, 0.29) is 19.4 Å². The molecule has 0 spiro atoms. The fourth-order valence-electron chi connectivity index (χ4n) is 3.58. The number of amides is 2. The molecular formula is C29H32N2O5. The van der Waals surface area contributed by atoms with Crippen LogP contribution in [-0.4, -0.2) is 35.5 Å². The highest BCUT2D eigenvalue weighted by molar-refractivity contribution is 5.98. The van der Waals surface area contributed by atoms with Crippen molar-refractivity contribution in [3.8, 4) is 16.9 Å². The van der Waals surface area contributed by atoms with Crippen molar-refractivity contribution in [3.05, 3.63) is 90.0 Å². The highest BCUT2D eigenvalue weighted by atomic mass is 16.5. The average molecular weight is 489 g/mol. The first kappa shape index (κ1) is 26.5. The standard InChI is InChI=1S/C29H32N2O5/c1-2-3-19-36-25-15-13-23(14-16-25)22-9-11-24(12-10-22)28(34)31-26(17-18-27(32)33)29(35)30-20-21-7-5-4-6-8-21/h4-16,26H,2-3,17-20H2,1H3,(H,30,35)(H,31,34)(H,32,33)/t26-/m0/s1. The zero-order chi connectivity index (χ0) is 25.8. The van der Waals surface area contributed by atoms with Crippen molar-refractivity contribution in [2.45, 2.75) is 45.2 Å². The molecule has 7 nitrogen and oxygen atoms in total.